The average molecular weight is 365 g/mol. The van der Waals surface area contributed by atoms with Crippen LogP contribution in [0.2, 0.25) is 0 Å². The van der Waals surface area contributed by atoms with Crippen molar-refractivity contribution in [2.24, 2.45) is 11.8 Å². The Morgan fingerprint density at radius 3 is 1.52 bits per heavy atom. The molecule has 7 nitrogen and oxygen atoms in total. The number of carboxylic acid groups (broad SMARTS) is 2. The molecule has 0 spiro atoms. The van der Waals surface area contributed by atoms with Gasteiger partial charge in [0.1, 0.15) is 0 Å². The van der Waals surface area contributed by atoms with Crippen LogP contribution in [0, 0.1) is 11.8 Å². The molecular weight excluding hydrogens is 338 g/mol. The van der Waals surface area contributed by atoms with Crippen LogP contribution < -0.4 is 14.9 Å². The summed E-state index contributed by atoms with van der Waals surface area (Å²) in [5, 5.41) is 18.5. The number of carbonyl (C=O) groups excluding carboxylic acids is 1. The zero-order valence-electron chi connectivity index (χ0n) is 14.3. The maximum Gasteiger partial charge on any atom is 3.00 e. The van der Waals surface area contributed by atoms with Crippen LogP contribution in [0.1, 0.15) is 66.2 Å². The van der Waals surface area contributed by atoms with Crippen LogP contribution >= 0.6 is 8.25 Å². The van der Waals surface area contributed by atoms with Crippen LogP contribution in [-0.4, -0.2) is 34.4 Å². The van der Waals surface area contributed by atoms with Crippen molar-refractivity contribution in [3.8, 4) is 0 Å². The first-order chi connectivity index (χ1) is 10.1. The van der Waals surface area contributed by atoms with Crippen LogP contribution in [0.25, 0.3) is 0 Å². The third-order valence-corrected chi connectivity index (χ3v) is 2.81. The fourth-order valence-corrected chi connectivity index (χ4v) is 1.26. The van der Waals surface area contributed by atoms with E-state index in [-0.39, 0.29) is 29.2 Å². The average Bonchev–Trinajstić information content (AvgIpc) is 2.41. The molecule has 0 bridgehead atoms. The van der Waals surface area contributed by atoms with Crippen molar-refractivity contribution in [2.75, 3.05) is 0 Å². The van der Waals surface area contributed by atoms with Gasteiger partial charge in [0, 0.05) is 5.97 Å². The quantitative estimate of drug-likeness (QED) is 0.486. The summed E-state index contributed by atoms with van der Waals surface area (Å²) in [6.07, 6.45) is 5.70. The molecule has 0 amide bonds. The molecule has 2 unspecified atom stereocenters. The molecule has 0 saturated carbocycles. The summed E-state index contributed by atoms with van der Waals surface area (Å²) >= 11 is 0. The first kappa shape index (κ1) is 30.4. The van der Waals surface area contributed by atoms with Gasteiger partial charge in [-0.05, 0) is 18.8 Å². The maximum atomic E-state index is 10.2. The van der Waals surface area contributed by atoms with E-state index in [1.54, 1.807) is 13.8 Å². The van der Waals surface area contributed by atoms with E-state index in [9.17, 15) is 14.7 Å². The Bertz CT molecular complexity index is 286. The summed E-state index contributed by atoms with van der Waals surface area (Å²) in [6.45, 7) is 7.54. The second-order valence-electron chi connectivity index (χ2n) is 4.97. The minimum Gasteiger partial charge on any atom is -0.598 e. The van der Waals surface area contributed by atoms with Crippen LogP contribution in [0.3, 0.4) is 0 Å². The summed E-state index contributed by atoms with van der Waals surface area (Å²) in [5.41, 5.74) is 0. The summed E-state index contributed by atoms with van der Waals surface area (Å²) in [6, 6.07) is 0. The maximum absolute atomic E-state index is 10.2. The number of rotatable bonds is 8. The van der Waals surface area contributed by atoms with Crippen molar-refractivity contribution in [3.05, 3.63) is 0 Å². The van der Waals surface area contributed by atoms with E-state index in [1.807, 2.05) is 6.92 Å². The molecular formula is C14H27AlO7P+. The van der Waals surface area contributed by atoms with E-state index < -0.39 is 20.2 Å². The molecule has 0 radical (unpaired) electrons. The monoisotopic (exact) mass is 365 g/mol. The topological polar surface area (TPSA) is 141 Å². The second-order valence-corrected chi connectivity index (χ2v) is 5.41. The van der Waals surface area contributed by atoms with E-state index in [1.165, 1.54) is 0 Å². The Labute approximate surface area is 150 Å². The molecule has 0 rings (SSSR count). The fraction of sp³-hybridized carbons (Fsp3) is 0.857. The van der Waals surface area contributed by atoms with Crippen LogP contribution in [0.4, 0.5) is 0 Å². The number of carboxylic acids is 2. The molecule has 0 aliphatic rings. The Morgan fingerprint density at radius 2 is 1.30 bits per heavy atom. The number of unbranched alkanes of at least 4 members (excludes halogenated alkanes) is 2. The first-order valence-electron chi connectivity index (χ1n) is 7.35. The summed E-state index contributed by atoms with van der Waals surface area (Å²) in [4.78, 5) is 37.3. The smallest absolute Gasteiger partial charge is 0.598 e. The summed E-state index contributed by atoms with van der Waals surface area (Å²) in [7, 11) is -3.37. The molecule has 23 heavy (non-hydrogen) atoms. The van der Waals surface area contributed by atoms with Gasteiger partial charge in [0.05, 0.1) is 5.92 Å². The van der Waals surface area contributed by atoms with Gasteiger partial charge in [-0.2, -0.15) is 0 Å². The van der Waals surface area contributed by atoms with Crippen molar-refractivity contribution in [3.63, 3.8) is 0 Å². The zero-order chi connectivity index (χ0) is 18.1. The summed E-state index contributed by atoms with van der Waals surface area (Å²) in [5.74, 6) is -2.04. The Morgan fingerprint density at radius 1 is 1.00 bits per heavy atom. The third-order valence-electron chi connectivity index (χ3n) is 2.81. The normalized spacial score (nSPS) is 11.4. The van der Waals surface area contributed by atoms with Crippen molar-refractivity contribution in [1.29, 1.82) is 0 Å². The van der Waals surface area contributed by atoms with Gasteiger partial charge in [-0.3, -0.25) is 4.79 Å². The fourth-order valence-electron chi connectivity index (χ4n) is 1.26. The van der Waals surface area contributed by atoms with Gasteiger partial charge >= 0.3 is 23.3 Å². The molecule has 0 aliphatic carbocycles. The largest absolute Gasteiger partial charge is 3.00 e. The minimum absolute atomic E-state index is 0. The molecule has 0 fully saturated rings. The van der Waals surface area contributed by atoms with Gasteiger partial charge < -0.3 is 24.8 Å². The predicted octanol–water partition coefficient (Wildman–Crippen LogP) is 0.444. The molecule has 132 valence electrons. The van der Waals surface area contributed by atoms with Crippen LogP contribution in [0.15, 0.2) is 0 Å². The van der Waals surface area contributed by atoms with Gasteiger partial charge in [-0.15, -0.1) is 0 Å². The van der Waals surface area contributed by atoms with E-state index >= 15 is 0 Å². The molecule has 0 aromatic carbocycles. The van der Waals surface area contributed by atoms with Gasteiger partial charge in [0.25, 0.3) is 8.25 Å². The molecule has 0 aromatic rings. The van der Waals surface area contributed by atoms with Crippen molar-refractivity contribution < 1.29 is 34.2 Å². The van der Waals surface area contributed by atoms with Gasteiger partial charge in [0.2, 0.25) is 0 Å². The van der Waals surface area contributed by atoms with Crippen molar-refractivity contribution >= 4 is 37.6 Å². The van der Waals surface area contributed by atoms with Crippen LogP contribution in [0.5, 0.6) is 0 Å². The van der Waals surface area contributed by atoms with Crippen LogP contribution in [-0.2, 0) is 14.2 Å². The predicted molar refractivity (Wildman–Crippen MR) is 83.4 cm³/mol. The molecule has 0 aliphatic heterocycles. The molecule has 0 heterocycles. The van der Waals surface area contributed by atoms with Gasteiger partial charge in [-0.1, -0.05) is 57.9 Å². The molecule has 9 heteroatoms. The van der Waals surface area contributed by atoms with Crippen molar-refractivity contribution in [1.82, 2.24) is 0 Å². The second kappa shape index (κ2) is 21.5. The number of aliphatic carboxylic acids is 2. The Balaban J connectivity index is -0.000000124. The van der Waals surface area contributed by atoms with E-state index in [0.29, 0.717) is 0 Å². The molecule has 0 aromatic heterocycles. The number of hydrogen-bond acceptors (Lipinski definition) is 6. The summed E-state index contributed by atoms with van der Waals surface area (Å²) < 4.78 is 8.48. The Kier molecular flexibility index (Phi) is 28.4. The standard InChI is InChI=1S/2C7H14O2.Al.HO3P/c2*1-3-4-5-6(2)7(8)9;;1-4(2)3/h2*6H,3-5H2,1-2H3,(H,8,9);;(H,1,2,3)/q;;+3;/p-2. The molecule has 1 N–H and O–H groups in total. The number of hydrogen-bond donors (Lipinski definition) is 1. The van der Waals surface area contributed by atoms with Gasteiger partial charge in [-0.25, -0.2) is 0 Å². The van der Waals surface area contributed by atoms with E-state index in [4.69, 9.17) is 19.5 Å². The molecule has 0 saturated heterocycles. The van der Waals surface area contributed by atoms with E-state index in [0.717, 1.165) is 38.5 Å². The van der Waals surface area contributed by atoms with Crippen molar-refractivity contribution in [2.45, 2.75) is 66.2 Å². The SMILES string of the molecule is CCCCC(C)C(=O)O.CCCCC(C)C(=O)[O-].O=[P+]([O-])[O-].[Al+3]. The minimum atomic E-state index is -3.37. The number of carbonyl (C=O) groups is 2. The third kappa shape index (κ3) is 34.0. The van der Waals surface area contributed by atoms with Gasteiger partial charge in [0.15, 0.2) is 0 Å². The van der Waals surface area contributed by atoms with E-state index in [2.05, 4.69) is 6.92 Å². The zero-order valence-corrected chi connectivity index (χ0v) is 16.4. The first-order valence-corrected chi connectivity index (χ1v) is 8.44. The Hall–Kier alpha value is -0.508. The molecule has 2 atom stereocenters.